The number of aryl methyl sites for hydroxylation is 1. The lowest BCUT2D eigenvalue weighted by molar-refractivity contribution is 0.0610. The zero-order valence-electron chi connectivity index (χ0n) is 15.1. The largest absolute Gasteiger partial charge is 0.393 e. The van der Waals surface area contributed by atoms with Crippen molar-refractivity contribution in [2.75, 3.05) is 13.1 Å². The highest BCUT2D eigenvalue weighted by molar-refractivity contribution is 5.74. The van der Waals surface area contributed by atoms with Crippen molar-refractivity contribution >= 4 is 6.03 Å². The Labute approximate surface area is 155 Å². The van der Waals surface area contributed by atoms with Crippen LogP contribution in [0.5, 0.6) is 0 Å². The molecular formula is C21H27N3O2. The fourth-order valence-electron chi connectivity index (χ4n) is 3.46. The Morgan fingerprint density at radius 2 is 1.88 bits per heavy atom. The van der Waals surface area contributed by atoms with Gasteiger partial charge in [-0.2, -0.15) is 0 Å². The number of nitrogens with zero attached hydrogens (tertiary/aromatic N) is 2. The van der Waals surface area contributed by atoms with Crippen molar-refractivity contribution in [2.45, 2.75) is 38.3 Å². The lowest BCUT2D eigenvalue weighted by Crippen LogP contribution is -2.45. The number of amides is 2. The van der Waals surface area contributed by atoms with Crippen LogP contribution in [-0.4, -0.2) is 40.2 Å². The zero-order valence-corrected chi connectivity index (χ0v) is 15.1. The number of hydrogen-bond donors (Lipinski definition) is 2. The fraction of sp³-hybridized carbons (Fsp3) is 0.429. The summed E-state index contributed by atoms with van der Waals surface area (Å²) < 4.78 is 0. The molecule has 1 aromatic heterocycles. The molecular weight excluding hydrogens is 326 g/mol. The van der Waals surface area contributed by atoms with Crippen molar-refractivity contribution in [1.82, 2.24) is 15.2 Å². The highest BCUT2D eigenvalue weighted by atomic mass is 16.3. The predicted molar refractivity (Wildman–Crippen MR) is 102 cm³/mol. The van der Waals surface area contributed by atoms with Crippen LogP contribution in [0.15, 0.2) is 54.7 Å². The van der Waals surface area contributed by atoms with E-state index in [1.54, 1.807) is 6.20 Å². The molecule has 0 radical (unpaired) electrons. The van der Waals surface area contributed by atoms with E-state index in [2.05, 4.69) is 22.4 Å². The monoisotopic (exact) mass is 353 g/mol. The van der Waals surface area contributed by atoms with Crippen LogP contribution >= 0.6 is 0 Å². The van der Waals surface area contributed by atoms with E-state index >= 15 is 0 Å². The maximum atomic E-state index is 12.3. The first-order valence-corrected chi connectivity index (χ1v) is 9.37. The summed E-state index contributed by atoms with van der Waals surface area (Å²) in [6.45, 7) is 1.83. The summed E-state index contributed by atoms with van der Waals surface area (Å²) in [5, 5.41) is 13.4. The molecule has 0 aliphatic carbocycles. The molecule has 5 nitrogen and oxygen atoms in total. The molecule has 0 bridgehead atoms. The van der Waals surface area contributed by atoms with Gasteiger partial charge in [0.05, 0.1) is 18.3 Å². The molecule has 2 amide bonds. The molecule has 1 aliphatic heterocycles. The quantitative estimate of drug-likeness (QED) is 0.839. The van der Waals surface area contributed by atoms with E-state index in [9.17, 15) is 9.90 Å². The Bertz CT molecular complexity index is 670. The minimum absolute atomic E-state index is 0.0483. The van der Waals surface area contributed by atoms with Gasteiger partial charge in [-0.05, 0) is 49.3 Å². The number of likely N-dealkylation sites (tertiary alicyclic amines) is 1. The van der Waals surface area contributed by atoms with Crippen LogP contribution in [0, 0.1) is 5.92 Å². The summed E-state index contributed by atoms with van der Waals surface area (Å²) in [5.41, 5.74) is 2.12. The van der Waals surface area contributed by atoms with Crippen LogP contribution in [0.25, 0.3) is 0 Å². The van der Waals surface area contributed by atoms with Gasteiger partial charge in [0.2, 0.25) is 0 Å². The van der Waals surface area contributed by atoms with Crippen molar-refractivity contribution in [3.05, 3.63) is 66.0 Å². The third-order valence-electron chi connectivity index (χ3n) is 5.09. The fourth-order valence-corrected chi connectivity index (χ4v) is 3.46. The van der Waals surface area contributed by atoms with Crippen molar-refractivity contribution in [3.8, 4) is 0 Å². The summed E-state index contributed by atoms with van der Waals surface area (Å²) in [4.78, 5) is 18.3. The lowest BCUT2D eigenvalue weighted by atomic mass is 9.88. The van der Waals surface area contributed by atoms with Gasteiger partial charge in [0, 0.05) is 19.3 Å². The Morgan fingerprint density at radius 1 is 1.15 bits per heavy atom. The van der Waals surface area contributed by atoms with Gasteiger partial charge in [-0.3, -0.25) is 4.98 Å². The molecule has 2 heterocycles. The number of pyridine rings is 1. The summed E-state index contributed by atoms with van der Waals surface area (Å²) in [5.74, 6) is 0.276. The maximum absolute atomic E-state index is 12.3. The van der Waals surface area contributed by atoms with Gasteiger partial charge in [-0.15, -0.1) is 0 Å². The molecule has 138 valence electrons. The molecule has 0 spiro atoms. The minimum Gasteiger partial charge on any atom is -0.393 e. The number of aromatic nitrogens is 1. The van der Waals surface area contributed by atoms with E-state index < -0.39 is 0 Å². The van der Waals surface area contributed by atoms with Crippen molar-refractivity contribution in [1.29, 1.82) is 0 Å². The van der Waals surface area contributed by atoms with Crippen LogP contribution in [-0.2, 0) is 13.0 Å². The van der Waals surface area contributed by atoms with Crippen LogP contribution in [0.4, 0.5) is 4.79 Å². The van der Waals surface area contributed by atoms with Gasteiger partial charge in [0.15, 0.2) is 0 Å². The third-order valence-corrected chi connectivity index (χ3v) is 5.09. The highest BCUT2D eigenvalue weighted by Crippen LogP contribution is 2.23. The summed E-state index contributed by atoms with van der Waals surface area (Å²) in [6, 6.07) is 15.9. The van der Waals surface area contributed by atoms with E-state index in [4.69, 9.17) is 0 Å². The molecule has 1 fully saturated rings. The van der Waals surface area contributed by atoms with Crippen molar-refractivity contribution in [2.24, 2.45) is 5.92 Å². The van der Waals surface area contributed by atoms with E-state index in [1.807, 2.05) is 41.3 Å². The van der Waals surface area contributed by atoms with Crippen molar-refractivity contribution < 1.29 is 9.90 Å². The smallest absolute Gasteiger partial charge is 0.317 e. The normalized spacial score (nSPS) is 16.3. The molecule has 1 aromatic carbocycles. The summed E-state index contributed by atoms with van der Waals surface area (Å²) in [6.07, 6.45) is 4.81. The van der Waals surface area contributed by atoms with Crippen LogP contribution in [0.2, 0.25) is 0 Å². The van der Waals surface area contributed by atoms with Gasteiger partial charge in [-0.1, -0.05) is 36.4 Å². The Hall–Kier alpha value is -2.40. The first kappa shape index (κ1) is 18.4. The number of aliphatic hydroxyl groups is 1. The lowest BCUT2D eigenvalue weighted by Gasteiger charge is -2.34. The average molecular weight is 353 g/mol. The Kier molecular flexibility index (Phi) is 6.61. The molecule has 2 aromatic rings. The molecule has 2 N–H and O–H groups in total. The predicted octanol–water partition coefficient (Wildman–Crippen LogP) is 3.00. The molecule has 3 rings (SSSR count). The molecule has 0 saturated carbocycles. The number of benzene rings is 1. The number of hydrogen-bond acceptors (Lipinski definition) is 3. The second kappa shape index (κ2) is 9.34. The topological polar surface area (TPSA) is 65.5 Å². The molecule has 5 heteroatoms. The molecule has 1 unspecified atom stereocenters. The van der Waals surface area contributed by atoms with Gasteiger partial charge < -0.3 is 15.3 Å². The maximum Gasteiger partial charge on any atom is 0.317 e. The second-order valence-electron chi connectivity index (χ2n) is 6.90. The first-order valence-electron chi connectivity index (χ1n) is 9.37. The third kappa shape index (κ3) is 5.30. The molecule has 1 atom stereocenters. The molecule has 1 saturated heterocycles. The van der Waals surface area contributed by atoms with Gasteiger partial charge >= 0.3 is 6.03 Å². The average Bonchev–Trinajstić information content (AvgIpc) is 2.72. The van der Waals surface area contributed by atoms with E-state index in [0.29, 0.717) is 19.6 Å². The van der Waals surface area contributed by atoms with Crippen LogP contribution < -0.4 is 5.32 Å². The number of carbonyl (C=O) groups is 1. The minimum atomic E-state index is -0.297. The SMILES string of the molecule is O=C(NCc1ccccn1)N1CCC(C(O)CCc2ccccc2)CC1. The van der Waals surface area contributed by atoms with E-state index in [0.717, 1.165) is 31.4 Å². The number of rotatable bonds is 6. The highest BCUT2D eigenvalue weighted by Gasteiger charge is 2.27. The van der Waals surface area contributed by atoms with Gasteiger partial charge in [0.25, 0.3) is 0 Å². The van der Waals surface area contributed by atoms with E-state index in [-0.39, 0.29) is 18.1 Å². The first-order chi connectivity index (χ1) is 12.7. The standard InChI is InChI=1S/C21H27N3O2/c25-20(10-9-17-6-2-1-3-7-17)18-11-14-24(15-12-18)21(26)23-16-19-8-4-5-13-22-19/h1-8,13,18,20,25H,9-12,14-16H2,(H,23,26). The number of nitrogens with one attached hydrogen (secondary N) is 1. The van der Waals surface area contributed by atoms with Crippen LogP contribution in [0.3, 0.4) is 0 Å². The zero-order chi connectivity index (χ0) is 18.2. The molecule has 1 aliphatic rings. The Balaban J connectivity index is 1.38. The summed E-state index contributed by atoms with van der Waals surface area (Å²) >= 11 is 0. The number of carbonyl (C=O) groups excluding carboxylic acids is 1. The second-order valence-corrected chi connectivity index (χ2v) is 6.90. The van der Waals surface area contributed by atoms with E-state index in [1.165, 1.54) is 5.56 Å². The number of urea groups is 1. The molecule has 26 heavy (non-hydrogen) atoms. The Morgan fingerprint density at radius 3 is 2.58 bits per heavy atom. The number of aliphatic hydroxyl groups excluding tert-OH is 1. The van der Waals surface area contributed by atoms with Gasteiger partial charge in [-0.25, -0.2) is 4.79 Å². The summed E-state index contributed by atoms with van der Waals surface area (Å²) in [7, 11) is 0. The number of piperidine rings is 1. The van der Waals surface area contributed by atoms with Crippen LogP contribution in [0.1, 0.15) is 30.5 Å². The van der Waals surface area contributed by atoms with Crippen molar-refractivity contribution in [3.63, 3.8) is 0 Å². The van der Waals surface area contributed by atoms with Gasteiger partial charge in [0.1, 0.15) is 0 Å².